The molecule has 0 bridgehead atoms. The van der Waals surface area contributed by atoms with Crippen molar-refractivity contribution < 1.29 is 0 Å². The first-order chi connectivity index (χ1) is 9.58. The summed E-state index contributed by atoms with van der Waals surface area (Å²) in [6, 6.07) is 2.30. The van der Waals surface area contributed by atoms with Crippen LogP contribution in [0, 0.1) is 12.8 Å². The second kappa shape index (κ2) is 6.97. The Bertz CT molecular complexity index is 467. The highest BCUT2D eigenvalue weighted by Gasteiger charge is 2.21. The van der Waals surface area contributed by atoms with E-state index in [0.29, 0.717) is 22.7 Å². The lowest BCUT2D eigenvalue weighted by molar-refractivity contribution is 0.318. The summed E-state index contributed by atoms with van der Waals surface area (Å²) in [4.78, 5) is 9.15. The Morgan fingerprint density at radius 2 is 2.05 bits per heavy atom. The maximum Gasteiger partial charge on any atom is 0.223 e. The zero-order valence-corrected chi connectivity index (χ0v) is 13.2. The quantitative estimate of drug-likeness (QED) is 0.816. The summed E-state index contributed by atoms with van der Waals surface area (Å²) in [7, 11) is 0. The third-order valence-corrected chi connectivity index (χ3v) is 4.19. The van der Waals surface area contributed by atoms with Crippen molar-refractivity contribution in [1.82, 2.24) is 9.97 Å². The van der Waals surface area contributed by atoms with Gasteiger partial charge in [0.25, 0.3) is 0 Å². The second-order valence-electron chi connectivity index (χ2n) is 5.73. The van der Waals surface area contributed by atoms with Crippen LogP contribution in [0.2, 0.25) is 0 Å². The van der Waals surface area contributed by atoms with Gasteiger partial charge >= 0.3 is 0 Å². The maximum absolute atomic E-state index is 5.65. The first-order valence-electron chi connectivity index (χ1n) is 7.50. The standard InChI is InChI=1S/C15H24N4S/c1-3-4-11-5-7-12(8-6-11)18-15-17-10(2)9-13(19-15)14(16)20/h9,11-12H,3-8H2,1-2H3,(H2,16,20)(H,17,18,19). The van der Waals surface area contributed by atoms with Gasteiger partial charge in [-0.15, -0.1) is 0 Å². The molecule has 5 heteroatoms. The Morgan fingerprint density at radius 1 is 1.35 bits per heavy atom. The summed E-state index contributed by atoms with van der Waals surface area (Å²) >= 11 is 4.99. The fraction of sp³-hybridized carbons (Fsp3) is 0.667. The molecule has 0 atom stereocenters. The first kappa shape index (κ1) is 15.2. The van der Waals surface area contributed by atoms with Gasteiger partial charge in [0, 0.05) is 11.7 Å². The van der Waals surface area contributed by atoms with E-state index in [2.05, 4.69) is 22.2 Å². The van der Waals surface area contributed by atoms with E-state index in [1.54, 1.807) is 0 Å². The molecule has 0 aliphatic heterocycles. The number of hydrogen-bond donors (Lipinski definition) is 2. The van der Waals surface area contributed by atoms with E-state index >= 15 is 0 Å². The highest BCUT2D eigenvalue weighted by atomic mass is 32.1. The molecule has 1 aliphatic rings. The van der Waals surface area contributed by atoms with E-state index in [4.69, 9.17) is 18.0 Å². The van der Waals surface area contributed by atoms with Crippen LogP contribution in [0.3, 0.4) is 0 Å². The van der Waals surface area contributed by atoms with Crippen molar-refractivity contribution in [3.8, 4) is 0 Å². The monoisotopic (exact) mass is 292 g/mol. The molecule has 20 heavy (non-hydrogen) atoms. The highest BCUT2D eigenvalue weighted by Crippen LogP contribution is 2.29. The number of nitrogens with two attached hydrogens (primary N) is 1. The number of aryl methyl sites for hydroxylation is 1. The third-order valence-electron chi connectivity index (χ3n) is 3.98. The second-order valence-corrected chi connectivity index (χ2v) is 6.17. The van der Waals surface area contributed by atoms with Crippen molar-refractivity contribution in [3.05, 3.63) is 17.5 Å². The maximum atomic E-state index is 5.65. The van der Waals surface area contributed by atoms with Gasteiger partial charge in [-0.25, -0.2) is 9.97 Å². The van der Waals surface area contributed by atoms with Gasteiger partial charge in [-0.1, -0.05) is 32.0 Å². The highest BCUT2D eigenvalue weighted by molar-refractivity contribution is 7.80. The Labute approximate surface area is 126 Å². The van der Waals surface area contributed by atoms with Crippen molar-refractivity contribution >= 4 is 23.2 Å². The molecule has 1 aromatic rings. The molecular formula is C15H24N4S. The topological polar surface area (TPSA) is 63.8 Å². The van der Waals surface area contributed by atoms with Crippen LogP contribution in [0.1, 0.15) is 56.8 Å². The molecule has 0 saturated heterocycles. The van der Waals surface area contributed by atoms with E-state index in [1.807, 2.05) is 13.0 Å². The minimum Gasteiger partial charge on any atom is -0.388 e. The number of aromatic nitrogens is 2. The molecule has 1 heterocycles. The molecule has 3 N–H and O–H groups in total. The van der Waals surface area contributed by atoms with E-state index in [9.17, 15) is 0 Å². The number of hydrogen-bond acceptors (Lipinski definition) is 4. The molecule has 110 valence electrons. The average Bonchev–Trinajstić information content (AvgIpc) is 2.40. The van der Waals surface area contributed by atoms with Crippen LogP contribution >= 0.6 is 12.2 Å². The molecule has 1 fully saturated rings. The van der Waals surface area contributed by atoms with Crippen LogP contribution in [0.15, 0.2) is 6.07 Å². The number of anilines is 1. The SMILES string of the molecule is CCCC1CCC(Nc2nc(C)cc(C(N)=S)n2)CC1. The zero-order valence-electron chi connectivity index (χ0n) is 12.4. The van der Waals surface area contributed by atoms with Gasteiger partial charge in [-0.05, 0) is 44.6 Å². The fourth-order valence-electron chi connectivity index (χ4n) is 2.95. The fourth-order valence-corrected chi connectivity index (χ4v) is 3.05. The molecule has 1 saturated carbocycles. The normalized spacial score (nSPS) is 22.5. The molecule has 0 spiro atoms. The Hall–Kier alpha value is -1.23. The smallest absolute Gasteiger partial charge is 0.223 e. The minimum absolute atomic E-state index is 0.324. The van der Waals surface area contributed by atoms with Gasteiger partial charge in [0.15, 0.2) is 0 Å². The number of nitrogens with zero attached hydrogens (tertiary/aromatic N) is 2. The van der Waals surface area contributed by atoms with Gasteiger partial charge in [0.1, 0.15) is 10.7 Å². The minimum atomic E-state index is 0.324. The summed E-state index contributed by atoms with van der Waals surface area (Å²) in [5.41, 5.74) is 7.19. The third kappa shape index (κ3) is 4.13. The molecule has 0 unspecified atom stereocenters. The molecule has 0 aromatic carbocycles. The molecule has 4 nitrogen and oxygen atoms in total. The summed E-state index contributed by atoms with van der Waals surface area (Å²) in [5, 5.41) is 3.44. The van der Waals surface area contributed by atoms with Crippen molar-refractivity contribution in [2.75, 3.05) is 5.32 Å². The van der Waals surface area contributed by atoms with Crippen molar-refractivity contribution in [3.63, 3.8) is 0 Å². The molecule has 1 aliphatic carbocycles. The number of nitrogens with one attached hydrogen (secondary N) is 1. The lowest BCUT2D eigenvalue weighted by Crippen LogP contribution is -2.27. The van der Waals surface area contributed by atoms with E-state index < -0.39 is 0 Å². The molecule has 2 rings (SSSR count). The van der Waals surface area contributed by atoms with Crippen molar-refractivity contribution in [1.29, 1.82) is 0 Å². The molecule has 1 aromatic heterocycles. The van der Waals surface area contributed by atoms with E-state index in [0.717, 1.165) is 11.6 Å². The predicted molar refractivity (Wildman–Crippen MR) is 86.9 cm³/mol. The van der Waals surface area contributed by atoms with Crippen LogP contribution in [0.5, 0.6) is 0 Å². The predicted octanol–water partition coefficient (Wildman–Crippen LogP) is 3.19. The first-order valence-corrected chi connectivity index (χ1v) is 7.91. The van der Waals surface area contributed by atoms with Gasteiger partial charge in [0.05, 0.1) is 0 Å². The Balaban J connectivity index is 1.96. The summed E-state index contributed by atoms with van der Waals surface area (Å²) < 4.78 is 0. The van der Waals surface area contributed by atoms with E-state index in [-0.39, 0.29) is 0 Å². The molecular weight excluding hydrogens is 268 g/mol. The number of rotatable bonds is 5. The van der Waals surface area contributed by atoms with Crippen LogP contribution in [-0.4, -0.2) is 21.0 Å². The molecule has 0 radical (unpaired) electrons. The van der Waals surface area contributed by atoms with Gasteiger partial charge in [0.2, 0.25) is 5.95 Å². The summed E-state index contributed by atoms with van der Waals surface area (Å²) in [5.74, 6) is 1.57. The molecule has 0 amide bonds. The summed E-state index contributed by atoms with van der Waals surface area (Å²) in [6.07, 6.45) is 7.66. The largest absolute Gasteiger partial charge is 0.388 e. The van der Waals surface area contributed by atoms with Crippen molar-refractivity contribution in [2.45, 2.75) is 58.4 Å². The van der Waals surface area contributed by atoms with Crippen LogP contribution in [0.4, 0.5) is 5.95 Å². The van der Waals surface area contributed by atoms with Crippen LogP contribution in [-0.2, 0) is 0 Å². The Morgan fingerprint density at radius 3 is 2.65 bits per heavy atom. The van der Waals surface area contributed by atoms with Gasteiger partial charge in [-0.3, -0.25) is 0 Å². The van der Waals surface area contributed by atoms with Crippen LogP contribution < -0.4 is 11.1 Å². The van der Waals surface area contributed by atoms with Gasteiger partial charge < -0.3 is 11.1 Å². The van der Waals surface area contributed by atoms with E-state index in [1.165, 1.54) is 38.5 Å². The summed E-state index contributed by atoms with van der Waals surface area (Å²) in [6.45, 7) is 4.20. The number of thiocarbonyl (C=S) groups is 1. The Kier molecular flexibility index (Phi) is 5.29. The average molecular weight is 292 g/mol. The zero-order chi connectivity index (χ0) is 14.5. The lowest BCUT2D eigenvalue weighted by Gasteiger charge is -2.29. The van der Waals surface area contributed by atoms with Crippen molar-refractivity contribution in [2.24, 2.45) is 11.7 Å². The van der Waals surface area contributed by atoms with Crippen LogP contribution in [0.25, 0.3) is 0 Å². The lowest BCUT2D eigenvalue weighted by atomic mass is 9.83. The van der Waals surface area contributed by atoms with Gasteiger partial charge in [-0.2, -0.15) is 0 Å².